The topological polar surface area (TPSA) is 56.2 Å². The lowest BCUT2D eigenvalue weighted by Gasteiger charge is -2.08. The minimum Gasteiger partial charge on any atom is -0.489 e. The number of nitrogens with one attached hydrogen (secondary N) is 1. The number of ether oxygens (including phenoxy) is 1. The van der Waals surface area contributed by atoms with E-state index in [0.29, 0.717) is 29.5 Å². The Hall–Kier alpha value is -3.35. The highest BCUT2D eigenvalue weighted by atomic mass is 35.5. The van der Waals surface area contributed by atoms with Crippen molar-refractivity contribution in [2.45, 2.75) is 13.2 Å². The lowest BCUT2D eigenvalue weighted by molar-refractivity contribution is 0.102. The lowest BCUT2D eigenvalue weighted by atomic mass is 10.1. The van der Waals surface area contributed by atoms with Crippen molar-refractivity contribution >= 4 is 34.9 Å². The zero-order valence-corrected chi connectivity index (χ0v) is 18.3. The number of carbonyl (C=O) groups is 1. The van der Waals surface area contributed by atoms with Gasteiger partial charge in [0.1, 0.15) is 23.2 Å². The average Bonchev–Trinajstić information content (AvgIpc) is 3.12. The monoisotopic (exact) mass is 469 g/mol. The Kier molecular flexibility index (Phi) is 6.73. The molecule has 1 aromatic heterocycles. The van der Waals surface area contributed by atoms with Gasteiger partial charge in [-0.05, 0) is 59.7 Å². The molecule has 0 fully saturated rings. The second kappa shape index (κ2) is 9.85. The van der Waals surface area contributed by atoms with Gasteiger partial charge in [0.25, 0.3) is 5.91 Å². The number of hydrogen-bond donors (Lipinski definition) is 1. The fourth-order valence-corrected chi connectivity index (χ4v) is 3.39. The molecule has 0 aliphatic carbocycles. The van der Waals surface area contributed by atoms with Gasteiger partial charge in [-0.25, -0.2) is 4.39 Å². The van der Waals surface area contributed by atoms with Crippen LogP contribution < -0.4 is 10.1 Å². The highest BCUT2D eigenvalue weighted by Gasteiger charge is 2.13. The third kappa shape index (κ3) is 5.66. The van der Waals surface area contributed by atoms with Crippen molar-refractivity contribution in [3.05, 3.63) is 112 Å². The van der Waals surface area contributed by atoms with Crippen LogP contribution in [-0.4, -0.2) is 15.7 Å². The Morgan fingerprint density at radius 1 is 1.00 bits per heavy atom. The Morgan fingerprint density at radius 2 is 1.75 bits per heavy atom. The van der Waals surface area contributed by atoms with Crippen molar-refractivity contribution in [2.75, 3.05) is 5.32 Å². The number of rotatable bonds is 7. The van der Waals surface area contributed by atoms with E-state index >= 15 is 0 Å². The fraction of sp³-hybridized carbons (Fsp3) is 0.0833. The summed E-state index contributed by atoms with van der Waals surface area (Å²) in [6.07, 6.45) is 1.58. The maximum absolute atomic E-state index is 13.4. The third-order valence-corrected chi connectivity index (χ3v) is 5.12. The van der Waals surface area contributed by atoms with E-state index in [1.54, 1.807) is 65.5 Å². The van der Waals surface area contributed by atoms with Gasteiger partial charge < -0.3 is 10.1 Å². The van der Waals surface area contributed by atoms with Crippen molar-refractivity contribution in [3.8, 4) is 5.75 Å². The zero-order chi connectivity index (χ0) is 22.5. The highest BCUT2D eigenvalue weighted by molar-refractivity contribution is 6.33. The van der Waals surface area contributed by atoms with Gasteiger partial charge >= 0.3 is 0 Å². The summed E-state index contributed by atoms with van der Waals surface area (Å²) in [5, 5.41) is 7.94. The van der Waals surface area contributed by atoms with Gasteiger partial charge in [-0.15, -0.1) is 0 Å². The van der Waals surface area contributed by atoms with Crippen molar-refractivity contribution in [2.24, 2.45) is 0 Å². The van der Waals surface area contributed by atoms with Gasteiger partial charge in [0.15, 0.2) is 5.82 Å². The van der Waals surface area contributed by atoms with Crippen LogP contribution in [0.3, 0.4) is 0 Å². The quantitative estimate of drug-likeness (QED) is 0.350. The van der Waals surface area contributed by atoms with E-state index in [-0.39, 0.29) is 22.6 Å². The molecule has 4 rings (SSSR count). The summed E-state index contributed by atoms with van der Waals surface area (Å²) in [6, 6.07) is 20.3. The number of amides is 1. The van der Waals surface area contributed by atoms with E-state index < -0.39 is 0 Å². The number of benzene rings is 3. The number of carbonyl (C=O) groups excluding carboxylic acids is 1. The Bertz CT molecular complexity index is 1240. The predicted molar refractivity (Wildman–Crippen MR) is 123 cm³/mol. The maximum atomic E-state index is 13.4. The second-order valence-corrected chi connectivity index (χ2v) is 7.89. The second-order valence-electron chi connectivity index (χ2n) is 7.05. The molecule has 0 atom stereocenters. The molecule has 0 aliphatic heterocycles. The molecule has 0 saturated carbocycles. The van der Waals surface area contributed by atoms with Crippen LogP contribution in [0.5, 0.6) is 5.75 Å². The van der Waals surface area contributed by atoms with Crippen LogP contribution in [0.4, 0.5) is 10.2 Å². The summed E-state index contributed by atoms with van der Waals surface area (Å²) in [5.74, 6) is 0.237. The SMILES string of the molecule is O=C(Nc1nn(Cc2cccc(F)c2)cc1Cl)c1cccc(COc2ccc(Cl)cc2)c1. The first kappa shape index (κ1) is 21.9. The van der Waals surface area contributed by atoms with Gasteiger partial charge in [0.05, 0.1) is 6.54 Å². The summed E-state index contributed by atoms with van der Waals surface area (Å²) in [4.78, 5) is 12.7. The van der Waals surface area contributed by atoms with Crippen LogP contribution in [0.1, 0.15) is 21.5 Å². The molecule has 1 heterocycles. The fourth-order valence-electron chi connectivity index (χ4n) is 3.06. The van der Waals surface area contributed by atoms with Crippen LogP contribution in [-0.2, 0) is 13.2 Å². The molecular weight excluding hydrogens is 452 g/mol. The van der Waals surface area contributed by atoms with Gasteiger partial charge in [-0.2, -0.15) is 5.10 Å². The first-order valence-corrected chi connectivity index (χ1v) is 10.5. The third-order valence-electron chi connectivity index (χ3n) is 4.59. The highest BCUT2D eigenvalue weighted by Crippen LogP contribution is 2.22. The summed E-state index contributed by atoms with van der Waals surface area (Å²) >= 11 is 12.1. The molecule has 162 valence electrons. The largest absolute Gasteiger partial charge is 0.489 e. The molecule has 0 unspecified atom stereocenters. The molecule has 1 amide bonds. The van der Waals surface area contributed by atoms with Crippen LogP contribution in [0.15, 0.2) is 79.0 Å². The molecule has 4 aromatic rings. The summed E-state index contributed by atoms with van der Waals surface area (Å²) in [5.41, 5.74) is 2.00. The molecule has 0 spiro atoms. The van der Waals surface area contributed by atoms with E-state index in [1.165, 1.54) is 12.1 Å². The summed E-state index contributed by atoms with van der Waals surface area (Å²) < 4.78 is 20.7. The summed E-state index contributed by atoms with van der Waals surface area (Å²) in [7, 11) is 0. The standard InChI is InChI=1S/C24H18Cl2FN3O2/c25-19-7-9-21(10-8-19)32-15-17-4-1-5-18(11-17)24(31)28-23-22(26)14-30(29-23)13-16-3-2-6-20(27)12-16/h1-12,14H,13,15H2,(H,28,29,31). The van der Waals surface area contributed by atoms with E-state index in [9.17, 15) is 9.18 Å². The smallest absolute Gasteiger partial charge is 0.256 e. The first-order valence-electron chi connectivity index (χ1n) is 9.72. The Balaban J connectivity index is 1.41. The molecule has 3 aromatic carbocycles. The van der Waals surface area contributed by atoms with E-state index in [4.69, 9.17) is 27.9 Å². The van der Waals surface area contributed by atoms with Gasteiger partial charge in [0, 0.05) is 16.8 Å². The Labute approximate surface area is 194 Å². The number of nitrogens with zero attached hydrogens (tertiary/aromatic N) is 2. The average molecular weight is 470 g/mol. The van der Waals surface area contributed by atoms with Crippen molar-refractivity contribution in [3.63, 3.8) is 0 Å². The number of anilines is 1. The molecule has 0 bridgehead atoms. The minimum absolute atomic E-state index is 0.232. The van der Waals surface area contributed by atoms with Gasteiger partial charge in [0.2, 0.25) is 0 Å². The van der Waals surface area contributed by atoms with Crippen molar-refractivity contribution in [1.29, 1.82) is 0 Å². The minimum atomic E-state index is -0.351. The zero-order valence-electron chi connectivity index (χ0n) is 16.8. The maximum Gasteiger partial charge on any atom is 0.256 e. The van der Waals surface area contributed by atoms with Crippen LogP contribution in [0.2, 0.25) is 10.0 Å². The number of aromatic nitrogens is 2. The molecule has 5 nitrogen and oxygen atoms in total. The summed E-state index contributed by atoms with van der Waals surface area (Å²) in [6.45, 7) is 0.622. The van der Waals surface area contributed by atoms with Crippen LogP contribution >= 0.6 is 23.2 Å². The molecule has 32 heavy (non-hydrogen) atoms. The van der Waals surface area contributed by atoms with Crippen LogP contribution in [0, 0.1) is 5.82 Å². The predicted octanol–water partition coefficient (Wildman–Crippen LogP) is 6.21. The molecule has 8 heteroatoms. The van der Waals surface area contributed by atoms with E-state index in [2.05, 4.69) is 10.4 Å². The Morgan fingerprint density at radius 3 is 2.53 bits per heavy atom. The lowest BCUT2D eigenvalue weighted by Crippen LogP contribution is -2.13. The number of halogens is 3. The first-order chi connectivity index (χ1) is 15.5. The van der Waals surface area contributed by atoms with Gasteiger partial charge in [-0.1, -0.05) is 47.5 Å². The van der Waals surface area contributed by atoms with Crippen LogP contribution in [0.25, 0.3) is 0 Å². The van der Waals surface area contributed by atoms with E-state index in [0.717, 1.165) is 11.1 Å². The molecule has 0 aliphatic rings. The molecule has 0 radical (unpaired) electrons. The molecule has 1 N–H and O–H groups in total. The van der Waals surface area contributed by atoms with Crippen molar-refractivity contribution in [1.82, 2.24) is 9.78 Å². The molecular formula is C24H18Cl2FN3O2. The normalized spacial score (nSPS) is 10.7. The number of hydrogen-bond acceptors (Lipinski definition) is 3. The molecule has 0 saturated heterocycles. The van der Waals surface area contributed by atoms with Crippen molar-refractivity contribution < 1.29 is 13.9 Å². The van der Waals surface area contributed by atoms with Gasteiger partial charge in [-0.3, -0.25) is 9.48 Å². The van der Waals surface area contributed by atoms with E-state index in [1.807, 2.05) is 6.07 Å².